The summed E-state index contributed by atoms with van der Waals surface area (Å²) in [4.78, 5) is 22.3. The second-order valence-corrected chi connectivity index (χ2v) is 12.2. The largest absolute Gasteiger partial charge is 0.370 e. The highest BCUT2D eigenvalue weighted by Gasteiger charge is 2.35. The number of aromatic nitrogens is 2. The molecule has 2 aliphatic rings. The quantitative estimate of drug-likeness (QED) is 0.377. The highest BCUT2D eigenvalue weighted by Crippen LogP contribution is 2.35. The van der Waals surface area contributed by atoms with Gasteiger partial charge in [0, 0.05) is 56.1 Å². The maximum atomic E-state index is 15.2. The fraction of sp³-hybridized carbons (Fsp3) is 0.562. The van der Waals surface area contributed by atoms with Crippen molar-refractivity contribution < 1.29 is 13.6 Å². The number of anilines is 1. The smallest absolute Gasteiger partial charge is 0.254 e. The molecule has 0 bridgehead atoms. The van der Waals surface area contributed by atoms with Gasteiger partial charge in [-0.15, -0.1) is 0 Å². The fourth-order valence-electron chi connectivity index (χ4n) is 6.43. The number of hydrogen-bond acceptors (Lipinski definition) is 5. The molecule has 5 rings (SSSR count). The van der Waals surface area contributed by atoms with Gasteiger partial charge in [-0.3, -0.25) is 4.79 Å². The van der Waals surface area contributed by atoms with Gasteiger partial charge in [-0.05, 0) is 90.0 Å². The van der Waals surface area contributed by atoms with Crippen LogP contribution in [0, 0.1) is 12.7 Å². The Bertz CT molecular complexity index is 1370. The van der Waals surface area contributed by atoms with Crippen LogP contribution in [0.2, 0.25) is 0 Å². The van der Waals surface area contributed by atoms with Crippen molar-refractivity contribution in [2.75, 3.05) is 31.1 Å². The van der Waals surface area contributed by atoms with Gasteiger partial charge < -0.3 is 25.3 Å². The Morgan fingerprint density at radius 3 is 2.54 bits per heavy atom. The third-order valence-corrected chi connectivity index (χ3v) is 9.03. The summed E-state index contributed by atoms with van der Waals surface area (Å²) in [6, 6.07) is 6.97. The molecule has 0 spiro atoms. The number of nitrogens with zero attached hydrogens (tertiary/aromatic N) is 4. The van der Waals surface area contributed by atoms with Crippen LogP contribution in [0.3, 0.4) is 0 Å². The number of benzene rings is 1. The number of rotatable bonds is 8. The number of hydrogen-bond donors (Lipinski definition) is 2. The van der Waals surface area contributed by atoms with Crippen molar-refractivity contribution in [3.63, 3.8) is 0 Å². The van der Waals surface area contributed by atoms with E-state index in [9.17, 15) is 9.18 Å². The number of pyridine rings is 1. The topological polar surface area (TPSA) is 78.9 Å². The monoisotopic (exact) mass is 566 g/mol. The minimum absolute atomic E-state index is 0.00921. The molecule has 2 aromatic heterocycles. The molecule has 3 heterocycles. The van der Waals surface area contributed by atoms with Gasteiger partial charge in [-0.1, -0.05) is 6.07 Å². The maximum Gasteiger partial charge on any atom is 0.254 e. The second-order valence-electron chi connectivity index (χ2n) is 12.2. The number of nitrogens with two attached hydrogens (primary N) is 1. The number of halogens is 2. The molecule has 1 aliphatic heterocycles. The molecule has 3 N–H and O–H groups in total. The molecule has 1 saturated carbocycles. The zero-order chi connectivity index (χ0) is 29.3. The van der Waals surface area contributed by atoms with Crippen LogP contribution < -0.4 is 16.0 Å². The molecule has 7 nitrogen and oxygen atoms in total. The van der Waals surface area contributed by atoms with Crippen LogP contribution in [-0.2, 0) is 0 Å². The third kappa shape index (κ3) is 6.26. The first-order valence-corrected chi connectivity index (χ1v) is 15.1. The first kappa shape index (κ1) is 29.5. The summed E-state index contributed by atoms with van der Waals surface area (Å²) in [5.41, 5.74) is 8.61. The van der Waals surface area contributed by atoms with E-state index in [0.717, 1.165) is 61.4 Å². The summed E-state index contributed by atoms with van der Waals surface area (Å²) >= 11 is 0. The van der Waals surface area contributed by atoms with Crippen LogP contribution in [0.4, 0.5) is 14.5 Å². The summed E-state index contributed by atoms with van der Waals surface area (Å²) in [6.07, 6.45) is 8.30. The molecular weight excluding hydrogens is 522 g/mol. The number of carbonyl (C=O) groups is 1. The summed E-state index contributed by atoms with van der Waals surface area (Å²) in [7, 11) is 0. The lowest BCUT2D eigenvalue weighted by Gasteiger charge is -2.37. The van der Waals surface area contributed by atoms with Gasteiger partial charge in [0.15, 0.2) is 0 Å². The number of fused-ring (bicyclic) bond motifs is 1. The lowest BCUT2D eigenvalue weighted by atomic mass is 9.83. The maximum absolute atomic E-state index is 15.2. The molecular formula is C32H44F2N6O. The van der Waals surface area contributed by atoms with Crippen molar-refractivity contribution in [1.29, 1.82) is 0 Å². The van der Waals surface area contributed by atoms with Crippen molar-refractivity contribution in [2.24, 2.45) is 5.73 Å². The molecule has 1 saturated heterocycles. The van der Waals surface area contributed by atoms with Gasteiger partial charge in [0.05, 0.1) is 23.0 Å². The Morgan fingerprint density at radius 1 is 1.17 bits per heavy atom. The Labute approximate surface area is 242 Å². The second kappa shape index (κ2) is 12.1. The number of imidazole rings is 1. The summed E-state index contributed by atoms with van der Waals surface area (Å²) in [5.74, 6) is 0.219. The van der Waals surface area contributed by atoms with Crippen molar-refractivity contribution in [1.82, 2.24) is 19.6 Å². The van der Waals surface area contributed by atoms with Crippen LogP contribution in [0.1, 0.15) is 75.5 Å². The Hall–Kier alpha value is -3.04. The zero-order valence-corrected chi connectivity index (χ0v) is 24.8. The fourth-order valence-corrected chi connectivity index (χ4v) is 6.43. The number of piperidine rings is 1. The van der Waals surface area contributed by atoms with Crippen molar-refractivity contribution in [3.05, 3.63) is 53.9 Å². The standard InChI is InChI=1S/C32H44F2N6O/c1-5-39(21(2)3)31(41)29-16-23(33)6-7-27(29)28-17-26(19-40-22(4)36-18-30(28)40)38-14-10-25(11-15-38)37-20-32(34)12-8-24(35)9-13-32/h6-7,16-19,21,24-25,37H,5,8-15,20,35H2,1-4H3. The van der Waals surface area contributed by atoms with Gasteiger partial charge in [0.1, 0.15) is 17.3 Å². The molecule has 3 aromatic rings. The molecule has 0 unspecified atom stereocenters. The van der Waals surface area contributed by atoms with E-state index in [4.69, 9.17) is 5.73 Å². The molecule has 0 radical (unpaired) electrons. The SMILES string of the molecule is CCN(C(=O)c1cc(F)ccc1-c1cc(N2CCC(NCC3(F)CCC(N)CC3)CC2)cn2c(C)ncc12)C(C)C. The van der Waals surface area contributed by atoms with Gasteiger partial charge >= 0.3 is 0 Å². The average Bonchev–Trinajstić information content (AvgIpc) is 3.34. The molecule has 1 amide bonds. The minimum Gasteiger partial charge on any atom is -0.370 e. The van der Waals surface area contributed by atoms with E-state index >= 15 is 4.39 Å². The molecule has 222 valence electrons. The van der Waals surface area contributed by atoms with Gasteiger partial charge in [0.2, 0.25) is 0 Å². The minimum atomic E-state index is -1.15. The average molecular weight is 567 g/mol. The Balaban J connectivity index is 1.39. The van der Waals surface area contributed by atoms with Crippen LogP contribution in [-0.4, -0.2) is 70.2 Å². The van der Waals surface area contributed by atoms with Crippen molar-refractivity contribution in [3.8, 4) is 11.1 Å². The van der Waals surface area contributed by atoms with E-state index in [1.807, 2.05) is 38.3 Å². The van der Waals surface area contributed by atoms with Crippen LogP contribution in [0.5, 0.6) is 0 Å². The van der Waals surface area contributed by atoms with Crippen LogP contribution in [0.15, 0.2) is 36.7 Å². The molecule has 41 heavy (non-hydrogen) atoms. The van der Waals surface area contributed by atoms with Crippen LogP contribution in [0.25, 0.3) is 16.6 Å². The number of aryl methyl sites for hydroxylation is 1. The van der Waals surface area contributed by atoms with E-state index in [0.29, 0.717) is 37.1 Å². The van der Waals surface area contributed by atoms with Gasteiger partial charge in [0.25, 0.3) is 5.91 Å². The highest BCUT2D eigenvalue weighted by molar-refractivity contribution is 6.03. The van der Waals surface area contributed by atoms with Gasteiger partial charge in [-0.2, -0.15) is 0 Å². The first-order valence-electron chi connectivity index (χ1n) is 15.1. The van der Waals surface area contributed by atoms with E-state index in [-0.39, 0.29) is 24.0 Å². The first-order chi connectivity index (χ1) is 19.6. The van der Waals surface area contributed by atoms with Gasteiger partial charge in [-0.25, -0.2) is 13.8 Å². The normalized spacial score (nSPS) is 22.0. The van der Waals surface area contributed by atoms with E-state index in [1.165, 1.54) is 12.1 Å². The zero-order valence-electron chi connectivity index (χ0n) is 24.8. The predicted molar refractivity (Wildman–Crippen MR) is 161 cm³/mol. The highest BCUT2D eigenvalue weighted by atomic mass is 19.1. The van der Waals surface area contributed by atoms with Crippen molar-refractivity contribution >= 4 is 17.1 Å². The number of amides is 1. The molecule has 1 aliphatic carbocycles. The summed E-state index contributed by atoms with van der Waals surface area (Å²) in [5, 5.41) is 3.51. The number of alkyl halides is 1. The van der Waals surface area contributed by atoms with Crippen molar-refractivity contribution in [2.45, 2.75) is 90.0 Å². The Kier molecular flexibility index (Phi) is 8.66. The summed E-state index contributed by atoms with van der Waals surface area (Å²) < 4.78 is 31.8. The third-order valence-electron chi connectivity index (χ3n) is 9.03. The number of nitrogens with one attached hydrogen (secondary N) is 1. The number of carbonyl (C=O) groups excluding carboxylic acids is 1. The Morgan fingerprint density at radius 2 is 1.88 bits per heavy atom. The molecule has 1 aromatic carbocycles. The lowest BCUT2D eigenvalue weighted by molar-refractivity contribution is 0.0717. The van der Waals surface area contributed by atoms with Crippen LogP contribution >= 0.6 is 0 Å². The molecule has 9 heteroatoms. The van der Waals surface area contributed by atoms with E-state index in [1.54, 1.807) is 11.0 Å². The summed E-state index contributed by atoms with van der Waals surface area (Å²) in [6.45, 7) is 10.4. The molecule has 0 atom stereocenters. The van der Waals surface area contributed by atoms with E-state index < -0.39 is 11.5 Å². The molecule has 2 fully saturated rings. The lowest BCUT2D eigenvalue weighted by Crippen LogP contribution is -2.49. The van der Waals surface area contributed by atoms with E-state index in [2.05, 4.69) is 27.5 Å². The predicted octanol–water partition coefficient (Wildman–Crippen LogP) is 5.49.